The number of carbonyl (C=O) groups is 2. The van der Waals surface area contributed by atoms with Crippen LogP contribution in [-0.4, -0.2) is 37.7 Å². The number of hydrogen-bond acceptors (Lipinski definition) is 6. The zero-order valence-corrected chi connectivity index (χ0v) is 28.5. The Morgan fingerprint density at radius 3 is 1.87 bits per heavy atom. The Morgan fingerprint density at radius 2 is 1.33 bits per heavy atom. The van der Waals surface area contributed by atoms with Crippen LogP contribution in [0.5, 0.6) is 11.5 Å². The molecule has 0 bridgehead atoms. The molecule has 0 atom stereocenters. The van der Waals surface area contributed by atoms with Crippen LogP contribution in [0.15, 0.2) is 60.7 Å². The van der Waals surface area contributed by atoms with Gasteiger partial charge in [0.2, 0.25) is 0 Å². The normalized spacial score (nSPS) is 13.2. The van der Waals surface area contributed by atoms with E-state index in [9.17, 15) is 9.59 Å². The van der Waals surface area contributed by atoms with E-state index in [1.807, 2.05) is 38.1 Å². The standard InChI is InChI=1S/C39H54O6/c1-8-39(6,9-2)29(3)30-19-23-33(24-20-30)45-34-25-21-32(22-26-34)37(31-15-14-16-31)43-27-12-13-28-44-38(4,5)35(40)17-10-11-18-36(41)42-7/h19-26H,3,8-18,27-28H2,1-2,4-7H3. The van der Waals surface area contributed by atoms with Crippen LogP contribution in [0.2, 0.25) is 0 Å². The van der Waals surface area contributed by atoms with Crippen molar-refractivity contribution in [1.82, 2.24) is 0 Å². The number of unbranched alkanes of at least 4 members (excludes halogenated alkanes) is 2. The lowest BCUT2D eigenvalue weighted by atomic mass is 9.75. The minimum Gasteiger partial charge on any atom is -0.493 e. The van der Waals surface area contributed by atoms with Gasteiger partial charge < -0.3 is 18.9 Å². The minimum absolute atomic E-state index is 0.0578. The Bertz CT molecular complexity index is 1280. The molecular weight excluding hydrogens is 564 g/mol. The van der Waals surface area contributed by atoms with Gasteiger partial charge >= 0.3 is 5.97 Å². The van der Waals surface area contributed by atoms with Crippen LogP contribution in [0.3, 0.4) is 0 Å². The fourth-order valence-electron chi connectivity index (χ4n) is 5.27. The van der Waals surface area contributed by atoms with Gasteiger partial charge in [-0.25, -0.2) is 0 Å². The Hall–Kier alpha value is -3.38. The topological polar surface area (TPSA) is 71.1 Å². The summed E-state index contributed by atoms with van der Waals surface area (Å²) in [6, 6.07) is 16.4. The maximum atomic E-state index is 12.6. The van der Waals surface area contributed by atoms with Crippen LogP contribution in [0.4, 0.5) is 0 Å². The van der Waals surface area contributed by atoms with Gasteiger partial charge in [0, 0.05) is 25.0 Å². The molecule has 0 aromatic heterocycles. The maximum absolute atomic E-state index is 12.6. The zero-order valence-electron chi connectivity index (χ0n) is 28.5. The number of ether oxygens (including phenoxy) is 4. The number of methoxy groups -OCH3 is 1. The summed E-state index contributed by atoms with van der Waals surface area (Å²) in [5, 5.41) is 0. The van der Waals surface area contributed by atoms with Gasteiger partial charge in [0.25, 0.3) is 0 Å². The Morgan fingerprint density at radius 1 is 0.778 bits per heavy atom. The number of rotatable bonds is 20. The fraction of sp³-hybridized carbons (Fsp3) is 0.538. The van der Waals surface area contributed by atoms with E-state index >= 15 is 0 Å². The van der Waals surface area contributed by atoms with Crippen molar-refractivity contribution in [1.29, 1.82) is 0 Å². The van der Waals surface area contributed by atoms with E-state index in [2.05, 4.69) is 56.4 Å². The molecule has 1 aliphatic carbocycles. The summed E-state index contributed by atoms with van der Waals surface area (Å²) in [6.45, 7) is 15.8. The second-order valence-corrected chi connectivity index (χ2v) is 12.8. The lowest BCUT2D eigenvalue weighted by molar-refractivity contribution is -0.142. The van der Waals surface area contributed by atoms with Gasteiger partial charge in [0.1, 0.15) is 22.9 Å². The molecule has 3 rings (SSSR count). The molecule has 246 valence electrons. The molecule has 2 aromatic rings. The first-order valence-corrected chi connectivity index (χ1v) is 16.7. The second-order valence-electron chi connectivity index (χ2n) is 12.8. The van der Waals surface area contributed by atoms with Gasteiger partial charge in [-0.15, -0.1) is 0 Å². The molecular formula is C39H54O6. The van der Waals surface area contributed by atoms with Crippen LogP contribution in [0.1, 0.15) is 116 Å². The summed E-state index contributed by atoms with van der Waals surface area (Å²) in [5.74, 6) is 2.38. The lowest BCUT2D eigenvalue weighted by Gasteiger charge is -2.29. The summed E-state index contributed by atoms with van der Waals surface area (Å²) in [7, 11) is 1.38. The molecule has 0 spiro atoms. The van der Waals surface area contributed by atoms with Gasteiger partial charge in [0.15, 0.2) is 5.78 Å². The third kappa shape index (κ3) is 10.6. The third-order valence-corrected chi connectivity index (χ3v) is 9.30. The Kier molecular flexibility index (Phi) is 13.9. The smallest absolute Gasteiger partial charge is 0.305 e. The number of Topliss-reactive ketones (excluding diaryl/α,β-unsaturated/α-hetero) is 1. The molecule has 0 unspecified atom stereocenters. The highest BCUT2D eigenvalue weighted by molar-refractivity contribution is 5.86. The molecule has 0 radical (unpaired) electrons. The maximum Gasteiger partial charge on any atom is 0.305 e. The van der Waals surface area contributed by atoms with Crippen LogP contribution in [0, 0.1) is 5.41 Å². The van der Waals surface area contributed by atoms with E-state index in [-0.39, 0.29) is 17.2 Å². The first kappa shape index (κ1) is 36.1. The van der Waals surface area contributed by atoms with E-state index in [0.717, 1.165) is 66.9 Å². The van der Waals surface area contributed by atoms with Gasteiger partial charge in [-0.1, -0.05) is 39.5 Å². The van der Waals surface area contributed by atoms with E-state index in [1.165, 1.54) is 24.7 Å². The van der Waals surface area contributed by atoms with Crippen LogP contribution >= 0.6 is 0 Å². The van der Waals surface area contributed by atoms with Crippen molar-refractivity contribution in [3.8, 4) is 11.5 Å². The molecule has 0 amide bonds. The predicted octanol–water partition coefficient (Wildman–Crippen LogP) is 10.1. The predicted molar refractivity (Wildman–Crippen MR) is 182 cm³/mol. The summed E-state index contributed by atoms with van der Waals surface area (Å²) < 4.78 is 23.1. The molecule has 1 saturated carbocycles. The molecule has 1 aliphatic rings. The Balaban J connectivity index is 1.45. The number of allylic oxidation sites excluding steroid dienone is 2. The number of carbonyl (C=O) groups excluding carboxylic acids is 2. The number of ketones is 1. The van der Waals surface area contributed by atoms with Crippen molar-refractivity contribution >= 4 is 23.1 Å². The molecule has 0 N–H and O–H groups in total. The fourth-order valence-corrected chi connectivity index (χ4v) is 5.27. The highest BCUT2D eigenvalue weighted by atomic mass is 16.5. The SMILES string of the molecule is C=C(c1ccc(Oc2ccc(C(OCCCCOC(C)(C)C(=O)CCCCC(=O)OC)=C3CCC3)cc2)cc1)C(C)(CC)CC. The van der Waals surface area contributed by atoms with Gasteiger partial charge in [-0.05, 0) is 130 Å². The van der Waals surface area contributed by atoms with Crippen molar-refractivity contribution in [3.63, 3.8) is 0 Å². The highest BCUT2D eigenvalue weighted by Gasteiger charge is 2.27. The average molecular weight is 619 g/mol. The monoisotopic (exact) mass is 618 g/mol. The summed E-state index contributed by atoms with van der Waals surface area (Å²) in [5.41, 5.74) is 4.03. The van der Waals surface area contributed by atoms with Gasteiger partial charge in [-0.2, -0.15) is 0 Å². The van der Waals surface area contributed by atoms with Crippen molar-refractivity contribution in [2.75, 3.05) is 20.3 Å². The summed E-state index contributed by atoms with van der Waals surface area (Å²) in [6.07, 6.45) is 9.12. The second kappa shape index (κ2) is 17.4. The average Bonchev–Trinajstić information content (AvgIpc) is 3.02. The zero-order chi connectivity index (χ0) is 32.9. The molecule has 45 heavy (non-hydrogen) atoms. The summed E-state index contributed by atoms with van der Waals surface area (Å²) >= 11 is 0. The summed E-state index contributed by atoms with van der Waals surface area (Å²) in [4.78, 5) is 23.8. The largest absolute Gasteiger partial charge is 0.493 e. The van der Waals surface area contributed by atoms with Crippen LogP contribution < -0.4 is 4.74 Å². The number of hydrogen-bond donors (Lipinski definition) is 0. The first-order chi connectivity index (χ1) is 21.5. The van der Waals surface area contributed by atoms with Crippen LogP contribution in [0.25, 0.3) is 11.3 Å². The van der Waals surface area contributed by atoms with Crippen molar-refractivity contribution in [2.24, 2.45) is 5.41 Å². The van der Waals surface area contributed by atoms with Gasteiger partial charge in [-0.3, -0.25) is 9.59 Å². The van der Waals surface area contributed by atoms with Crippen molar-refractivity contribution < 1.29 is 28.5 Å². The first-order valence-electron chi connectivity index (χ1n) is 16.7. The van der Waals surface area contributed by atoms with E-state index in [1.54, 1.807) is 0 Å². The third-order valence-electron chi connectivity index (χ3n) is 9.30. The molecule has 0 aliphatic heterocycles. The van der Waals surface area contributed by atoms with Crippen molar-refractivity contribution in [2.45, 2.75) is 111 Å². The minimum atomic E-state index is -0.836. The van der Waals surface area contributed by atoms with E-state index < -0.39 is 5.60 Å². The Labute approximate surface area is 271 Å². The highest BCUT2D eigenvalue weighted by Crippen LogP contribution is 2.40. The van der Waals surface area contributed by atoms with Crippen LogP contribution in [-0.2, 0) is 23.8 Å². The molecule has 0 heterocycles. The quantitative estimate of drug-likeness (QED) is 0.0835. The molecule has 6 nitrogen and oxygen atoms in total. The van der Waals surface area contributed by atoms with E-state index in [4.69, 9.17) is 14.2 Å². The van der Waals surface area contributed by atoms with Crippen molar-refractivity contribution in [3.05, 3.63) is 71.8 Å². The molecule has 2 aromatic carbocycles. The number of esters is 1. The van der Waals surface area contributed by atoms with E-state index in [0.29, 0.717) is 38.9 Å². The number of benzene rings is 2. The molecule has 1 fully saturated rings. The van der Waals surface area contributed by atoms with Gasteiger partial charge in [0.05, 0.1) is 13.7 Å². The molecule has 0 saturated heterocycles. The lowest BCUT2D eigenvalue weighted by Crippen LogP contribution is -2.35. The molecule has 6 heteroatoms.